The molecule has 0 aromatic heterocycles. The molecular weight excluding hydrogens is 262 g/mol. The quantitative estimate of drug-likeness (QED) is 0.911. The predicted octanol–water partition coefficient (Wildman–Crippen LogP) is 3.70. The maximum absolute atomic E-state index is 6.54. The Balaban J connectivity index is 2.29. The topological polar surface area (TPSA) is 44.5 Å². The monoisotopic (exact) mass is 285 g/mol. The molecule has 3 heteroatoms. The Morgan fingerprint density at radius 2 is 1.62 bits per heavy atom. The lowest BCUT2D eigenvalue weighted by molar-refractivity contribution is 0.242. The van der Waals surface area contributed by atoms with E-state index in [-0.39, 0.29) is 6.10 Å². The molecule has 0 saturated heterocycles. The van der Waals surface area contributed by atoms with E-state index in [0.717, 1.165) is 22.6 Å². The second-order valence-corrected chi connectivity index (χ2v) is 5.63. The molecule has 0 heterocycles. The van der Waals surface area contributed by atoms with Gasteiger partial charge in [0.15, 0.2) is 0 Å². The van der Waals surface area contributed by atoms with Crippen LogP contribution in [-0.2, 0) is 5.54 Å². The van der Waals surface area contributed by atoms with Crippen molar-refractivity contribution in [3.63, 3.8) is 0 Å². The molecule has 3 nitrogen and oxygen atoms in total. The van der Waals surface area contributed by atoms with Crippen molar-refractivity contribution in [2.75, 3.05) is 7.11 Å². The third-order valence-electron chi connectivity index (χ3n) is 3.50. The number of benzene rings is 2. The van der Waals surface area contributed by atoms with Gasteiger partial charge in [-0.25, -0.2) is 0 Å². The van der Waals surface area contributed by atoms with E-state index in [1.807, 2.05) is 69.3 Å². The number of hydrogen-bond acceptors (Lipinski definition) is 3. The zero-order valence-corrected chi connectivity index (χ0v) is 13.1. The molecule has 112 valence electrons. The Hall–Kier alpha value is -2.00. The average molecular weight is 285 g/mol. The van der Waals surface area contributed by atoms with Crippen molar-refractivity contribution < 1.29 is 9.47 Å². The summed E-state index contributed by atoms with van der Waals surface area (Å²) in [7, 11) is 1.66. The molecule has 2 N–H and O–H groups in total. The Morgan fingerprint density at radius 3 is 2.19 bits per heavy atom. The van der Waals surface area contributed by atoms with E-state index in [0.29, 0.717) is 0 Å². The number of rotatable bonds is 5. The Bertz CT molecular complexity index is 588. The molecule has 0 saturated carbocycles. The van der Waals surface area contributed by atoms with Gasteiger partial charge in [0.05, 0.1) is 18.8 Å². The van der Waals surface area contributed by atoms with E-state index in [9.17, 15) is 0 Å². The molecule has 1 unspecified atom stereocenters. The molecule has 0 aliphatic rings. The van der Waals surface area contributed by atoms with E-state index < -0.39 is 5.54 Å². The standard InChI is InChI=1S/C18H23NO2/c1-13(2)21-16-10-8-14(9-11-16)18(3,19)15-6-5-7-17(12-15)20-4/h5-13H,19H2,1-4H3. The first-order chi connectivity index (χ1) is 9.93. The molecule has 0 aliphatic heterocycles. The van der Waals surface area contributed by atoms with Crippen molar-refractivity contribution in [1.29, 1.82) is 0 Å². The minimum Gasteiger partial charge on any atom is -0.497 e. The van der Waals surface area contributed by atoms with Crippen molar-refractivity contribution in [2.24, 2.45) is 5.73 Å². The summed E-state index contributed by atoms with van der Waals surface area (Å²) in [6.07, 6.45) is 0.165. The first kappa shape index (κ1) is 15.4. The van der Waals surface area contributed by atoms with Crippen LogP contribution in [0.15, 0.2) is 48.5 Å². The summed E-state index contributed by atoms with van der Waals surface area (Å²) in [5.74, 6) is 1.67. The fourth-order valence-corrected chi connectivity index (χ4v) is 2.26. The average Bonchev–Trinajstić information content (AvgIpc) is 2.47. The van der Waals surface area contributed by atoms with Crippen molar-refractivity contribution >= 4 is 0 Å². The lowest BCUT2D eigenvalue weighted by atomic mass is 9.85. The summed E-state index contributed by atoms with van der Waals surface area (Å²) in [5.41, 5.74) is 8.01. The Morgan fingerprint density at radius 1 is 0.952 bits per heavy atom. The first-order valence-electron chi connectivity index (χ1n) is 7.14. The molecule has 2 rings (SSSR count). The highest BCUT2D eigenvalue weighted by Crippen LogP contribution is 2.30. The maximum atomic E-state index is 6.54. The summed E-state index contributed by atoms with van der Waals surface area (Å²) < 4.78 is 10.9. The van der Waals surface area contributed by atoms with Gasteiger partial charge in [0.1, 0.15) is 11.5 Å². The van der Waals surface area contributed by atoms with E-state index in [1.54, 1.807) is 7.11 Å². The largest absolute Gasteiger partial charge is 0.497 e. The predicted molar refractivity (Wildman–Crippen MR) is 85.8 cm³/mol. The second-order valence-electron chi connectivity index (χ2n) is 5.63. The zero-order chi connectivity index (χ0) is 15.5. The number of hydrogen-bond donors (Lipinski definition) is 1. The fraction of sp³-hybridized carbons (Fsp3) is 0.333. The van der Waals surface area contributed by atoms with Gasteiger partial charge in [0.25, 0.3) is 0 Å². The van der Waals surface area contributed by atoms with Crippen LogP contribution in [0.5, 0.6) is 11.5 Å². The number of methoxy groups -OCH3 is 1. The molecule has 0 aliphatic carbocycles. The fourth-order valence-electron chi connectivity index (χ4n) is 2.26. The third-order valence-corrected chi connectivity index (χ3v) is 3.50. The summed E-state index contributed by atoms with van der Waals surface area (Å²) in [6.45, 7) is 6.02. The molecule has 0 amide bonds. The molecule has 1 atom stereocenters. The minimum absolute atomic E-state index is 0.165. The van der Waals surface area contributed by atoms with Gasteiger partial charge in [-0.05, 0) is 56.2 Å². The van der Waals surface area contributed by atoms with E-state index in [2.05, 4.69) is 0 Å². The van der Waals surface area contributed by atoms with E-state index in [1.165, 1.54) is 0 Å². The molecule has 21 heavy (non-hydrogen) atoms. The van der Waals surface area contributed by atoms with Gasteiger partial charge >= 0.3 is 0 Å². The molecule has 0 fully saturated rings. The molecule has 2 aromatic rings. The van der Waals surface area contributed by atoms with Crippen molar-refractivity contribution in [3.05, 3.63) is 59.7 Å². The lowest BCUT2D eigenvalue weighted by Gasteiger charge is -2.26. The van der Waals surface area contributed by atoms with Gasteiger partial charge in [-0.1, -0.05) is 24.3 Å². The van der Waals surface area contributed by atoms with Crippen molar-refractivity contribution in [3.8, 4) is 11.5 Å². The van der Waals surface area contributed by atoms with Gasteiger partial charge < -0.3 is 15.2 Å². The molecular formula is C18H23NO2. The van der Waals surface area contributed by atoms with Crippen LogP contribution in [0.1, 0.15) is 31.9 Å². The van der Waals surface area contributed by atoms with Gasteiger partial charge in [-0.15, -0.1) is 0 Å². The SMILES string of the molecule is COc1cccc(C(C)(N)c2ccc(OC(C)C)cc2)c1. The summed E-state index contributed by atoms with van der Waals surface area (Å²) in [6, 6.07) is 15.8. The van der Waals surface area contributed by atoms with Crippen LogP contribution in [0.4, 0.5) is 0 Å². The summed E-state index contributed by atoms with van der Waals surface area (Å²) in [4.78, 5) is 0. The highest BCUT2D eigenvalue weighted by Gasteiger charge is 2.24. The van der Waals surface area contributed by atoms with E-state index >= 15 is 0 Å². The zero-order valence-electron chi connectivity index (χ0n) is 13.1. The normalized spacial score (nSPS) is 13.8. The van der Waals surface area contributed by atoms with Crippen LogP contribution in [0.3, 0.4) is 0 Å². The lowest BCUT2D eigenvalue weighted by Crippen LogP contribution is -2.34. The van der Waals surface area contributed by atoms with Crippen LogP contribution < -0.4 is 15.2 Å². The van der Waals surface area contributed by atoms with Crippen LogP contribution in [-0.4, -0.2) is 13.2 Å². The van der Waals surface area contributed by atoms with Gasteiger partial charge in [0, 0.05) is 0 Å². The van der Waals surface area contributed by atoms with Crippen molar-refractivity contribution in [2.45, 2.75) is 32.4 Å². The minimum atomic E-state index is -0.578. The van der Waals surface area contributed by atoms with Crippen molar-refractivity contribution in [1.82, 2.24) is 0 Å². The molecule has 0 bridgehead atoms. The smallest absolute Gasteiger partial charge is 0.119 e. The third kappa shape index (κ3) is 3.56. The van der Waals surface area contributed by atoms with Crippen LogP contribution >= 0.6 is 0 Å². The van der Waals surface area contributed by atoms with Crippen LogP contribution in [0.25, 0.3) is 0 Å². The van der Waals surface area contributed by atoms with Gasteiger partial charge in [-0.2, -0.15) is 0 Å². The number of ether oxygens (including phenoxy) is 2. The van der Waals surface area contributed by atoms with Gasteiger partial charge in [0.2, 0.25) is 0 Å². The molecule has 0 radical (unpaired) electrons. The second kappa shape index (κ2) is 6.19. The Kier molecular flexibility index (Phi) is 4.53. The molecule has 2 aromatic carbocycles. The van der Waals surface area contributed by atoms with Gasteiger partial charge in [-0.3, -0.25) is 0 Å². The van der Waals surface area contributed by atoms with E-state index in [4.69, 9.17) is 15.2 Å². The summed E-state index contributed by atoms with van der Waals surface area (Å²) >= 11 is 0. The molecule has 0 spiro atoms. The first-order valence-corrected chi connectivity index (χ1v) is 7.14. The maximum Gasteiger partial charge on any atom is 0.119 e. The summed E-state index contributed by atoms with van der Waals surface area (Å²) in [5, 5.41) is 0. The Labute approximate surface area is 126 Å². The highest BCUT2D eigenvalue weighted by atomic mass is 16.5. The van der Waals surface area contributed by atoms with Crippen LogP contribution in [0.2, 0.25) is 0 Å². The van der Waals surface area contributed by atoms with Crippen LogP contribution in [0, 0.1) is 0 Å². The highest BCUT2D eigenvalue weighted by molar-refractivity contribution is 5.42. The number of nitrogens with two attached hydrogens (primary N) is 1.